The van der Waals surface area contributed by atoms with Gasteiger partial charge < -0.3 is 20.1 Å². The lowest BCUT2D eigenvalue weighted by Crippen LogP contribution is -2.48. The molecule has 2 aliphatic heterocycles. The van der Waals surface area contributed by atoms with Crippen molar-refractivity contribution in [3.05, 3.63) is 22.7 Å². The number of hydrogen-bond acceptors (Lipinski definition) is 4. The number of halogens is 2. The van der Waals surface area contributed by atoms with Crippen LogP contribution in [-0.4, -0.2) is 38.3 Å². The molecule has 2 atom stereocenters. The van der Waals surface area contributed by atoms with Gasteiger partial charge in [0.1, 0.15) is 13.2 Å². The van der Waals surface area contributed by atoms with Crippen LogP contribution >= 0.6 is 24.0 Å². The Kier molecular flexibility index (Phi) is 6.39. The van der Waals surface area contributed by atoms with E-state index in [2.05, 4.69) is 17.6 Å². The highest BCUT2D eigenvalue weighted by atomic mass is 35.5. The molecule has 128 valence electrons. The summed E-state index contributed by atoms with van der Waals surface area (Å²) < 4.78 is 11.0. The van der Waals surface area contributed by atoms with Gasteiger partial charge in [-0.15, -0.1) is 12.4 Å². The molecule has 0 bridgehead atoms. The van der Waals surface area contributed by atoms with Gasteiger partial charge in [-0.25, -0.2) is 0 Å². The number of nitrogens with one attached hydrogen (secondary N) is 2. The molecule has 0 aliphatic carbocycles. The van der Waals surface area contributed by atoms with Gasteiger partial charge in [-0.1, -0.05) is 18.5 Å². The van der Waals surface area contributed by atoms with E-state index in [0.29, 0.717) is 42.1 Å². The van der Waals surface area contributed by atoms with Crippen LogP contribution in [0.3, 0.4) is 0 Å². The van der Waals surface area contributed by atoms with Gasteiger partial charge in [0, 0.05) is 6.04 Å². The van der Waals surface area contributed by atoms with E-state index in [1.54, 1.807) is 6.07 Å². The minimum atomic E-state index is 0. The molecule has 0 radical (unpaired) electrons. The Labute approximate surface area is 147 Å². The van der Waals surface area contributed by atoms with Crippen molar-refractivity contribution in [3.8, 4) is 11.5 Å². The molecule has 3 rings (SSSR count). The topological polar surface area (TPSA) is 59.6 Å². The summed E-state index contributed by atoms with van der Waals surface area (Å²) >= 11 is 6.20. The lowest BCUT2D eigenvalue weighted by atomic mass is 9.95. The highest BCUT2D eigenvalue weighted by Crippen LogP contribution is 2.38. The normalized spacial score (nSPS) is 22.9. The maximum absolute atomic E-state index is 12.3. The largest absolute Gasteiger partial charge is 0.486 e. The van der Waals surface area contributed by atoms with E-state index in [1.807, 2.05) is 6.07 Å². The second-order valence-corrected chi connectivity index (χ2v) is 6.33. The fourth-order valence-corrected chi connectivity index (χ4v) is 3.23. The third-order valence-corrected chi connectivity index (χ3v) is 4.43. The van der Waals surface area contributed by atoms with Crippen molar-refractivity contribution in [2.45, 2.75) is 25.8 Å². The van der Waals surface area contributed by atoms with Crippen molar-refractivity contribution in [2.75, 3.05) is 26.3 Å². The molecular weight excluding hydrogens is 339 g/mol. The Morgan fingerprint density at radius 2 is 2.17 bits per heavy atom. The summed E-state index contributed by atoms with van der Waals surface area (Å²) in [4.78, 5) is 12.3. The Morgan fingerprint density at radius 3 is 2.96 bits per heavy atom. The van der Waals surface area contributed by atoms with Crippen LogP contribution in [0.5, 0.6) is 11.5 Å². The van der Waals surface area contributed by atoms with E-state index >= 15 is 0 Å². The molecule has 1 aromatic rings. The first-order valence-corrected chi connectivity index (χ1v) is 8.09. The van der Waals surface area contributed by atoms with Crippen molar-refractivity contribution >= 4 is 29.9 Å². The molecule has 0 spiro atoms. The van der Waals surface area contributed by atoms with Crippen LogP contribution in [0.15, 0.2) is 12.1 Å². The molecule has 0 saturated carbocycles. The van der Waals surface area contributed by atoms with Crippen molar-refractivity contribution in [1.82, 2.24) is 10.6 Å². The second-order valence-electron chi connectivity index (χ2n) is 5.92. The van der Waals surface area contributed by atoms with Gasteiger partial charge in [-0.05, 0) is 43.1 Å². The Hall–Kier alpha value is -1.17. The molecule has 1 amide bonds. The van der Waals surface area contributed by atoms with Crippen LogP contribution in [-0.2, 0) is 11.2 Å². The summed E-state index contributed by atoms with van der Waals surface area (Å²) in [5.74, 6) is 1.66. The van der Waals surface area contributed by atoms with Gasteiger partial charge in [0.05, 0.1) is 11.4 Å². The van der Waals surface area contributed by atoms with Gasteiger partial charge in [0.25, 0.3) is 0 Å². The summed E-state index contributed by atoms with van der Waals surface area (Å²) in [5, 5.41) is 6.95. The quantitative estimate of drug-likeness (QED) is 0.867. The number of carbonyl (C=O) groups is 1. The number of piperidine rings is 1. The zero-order valence-corrected chi connectivity index (χ0v) is 14.6. The summed E-state index contributed by atoms with van der Waals surface area (Å²) in [6.45, 7) is 5.05. The van der Waals surface area contributed by atoms with Crippen molar-refractivity contribution in [3.63, 3.8) is 0 Å². The molecule has 2 heterocycles. The third-order valence-electron chi connectivity index (χ3n) is 4.15. The fourth-order valence-electron chi connectivity index (χ4n) is 2.94. The van der Waals surface area contributed by atoms with Crippen molar-refractivity contribution < 1.29 is 14.3 Å². The lowest BCUT2D eigenvalue weighted by molar-refractivity contribution is -0.121. The van der Waals surface area contributed by atoms with Gasteiger partial charge in [0.15, 0.2) is 11.5 Å². The first-order chi connectivity index (χ1) is 10.6. The number of rotatable bonds is 3. The summed E-state index contributed by atoms with van der Waals surface area (Å²) in [5.41, 5.74) is 0.841. The maximum atomic E-state index is 12.3. The van der Waals surface area contributed by atoms with Crippen molar-refractivity contribution in [1.29, 1.82) is 0 Å². The highest BCUT2D eigenvalue weighted by molar-refractivity contribution is 6.32. The van der Waals surface area contributed by atoms with Crippen LogP contribution in [0.25, 0.3) is 0 Å². The predicted molar refractivity (Wildman–Crippen MR) is 92.0 cm³/mol. The van der Waals surface area contributed by atoms with Gasteiger partial charge in [0.2, 0.25) is 5.91 Å². The van der Waals surface area contributed by atoms with Crippen LogP contribution in [0, 0.1) is 5.92 Å². The zero-order chi connectivity index (χ0) is 15.5. The van der Waals surface area contributed by atoms with E-state index in [0.717, 1.165) is 25.1 Å². The number of benzene rings is 1. The minimum Gasteiger partial charge on any atom is -0.486 e. The highest BCUT2D eigenvalue weighted by Gasteiger charge is 2.23. The fraction of sp³-hybridized carbons (Fsp3) is 0.562. The summed E-state index contributed by atoms with van der Waals surface area (Å²) in [6.07, 6.45) is 1.27. The molecule has 0 aromatic heterocycles. The van der Waals surface area contributed by atoms with Crippen LogP contribution in [0.2, 0.25) is 5.02 Å². The Bertz CT molecular complexity index is 569. The average molecular weight is 361 g/mol. The summed E-state index contributed by atoms with van der Waals surface area (Å²) in [6, 6.07) is 3.85. The minimum absolute atomic E-state index is 0. The summed E-state index contributed by atoms with van der Waals surface area (Å²) in [7, 11) is 0. The number of hydrogen-bond donors (Lipinski definition) is 2. The smallest absolute Gasteiger partial charge is 0.224 e. The van der Waals surface area contributed by atoms with Crippen LogP contribution in [0.4, 0.5) is 0 Å². The number of ether oxygens (including phenoxy) is 2. The van der Waals surface area contributed by atoms with Crippen LogP contribution < -0.4 is 20.1 Å². The number of fused-ring (bicyclic) bond motifs is 1. The zero-order valence-electron chi connectivity index (χ0n) is 13.1. The van der Waals surface area contributed by atoms with Gasteiger partial charge in [-0.3, -0.25) is 4.79 Å². The predicted octanol–water partition coefficient (Wildman–Crippen LogP) is 2.19. The average Bonchev–Trinajstić information content (AvgIpc) is 2.49. The van der Waals surface area contributed by atoms with E-state index in [1.165, 1.54) is 0 Å². The first-order valence-electron chi connectivity index (χ1n) is 7.71. The molecule has 2 N–H and O–H groups in total. The molecule has 1 saturated heterocycles. The molecule has 23 heavy (non-hydrogen) atoms. The SMILES string of the molecule is CC1CNCCC1NC(=O)Cc1cc(Cl)c2c(c1)OCCO2.Cl. The maximum Gasteiger partial charge on any atom is 0.224 e. The van der Waals surface area contributed by atoms with E-state index in [-0.39, 0.29) is 24.4 Å². The van der Waals surface area contributed by atoms with Crippen molar-refractivity contribution in [2.24, 2.45) is 5.92 Å². The van der Waals surface area contributed by atoms with Gasteiger partial charge >= 0.3 is 0 Å². The number of amides is 1. The standard InChI is InChI=1S/C16H21ClN2O3.ClH/c1-10-9-18-3-2-13(10)19-15(20)8-11-6-12(17)16-14(7-11)21-4-5-22-16;/h6-7,10,13,18H,2-5,8-9H2,1H3,(H,19,20);1H. The molecular formula is C16H22Cl2N2O3. The van der Waals surface area contributed by atoms with E-state index < -0.39 is 0 Å². The second kappa shape index (κ2) is 8.08. The van der Waals surface area contributed by atoms with Gasteiger partial charge in [-0.2, -0.15) is 0 Å². The number of carbonyl (C=O) groups excluding carboxylic acids is 1. The Morgan fingerprint density at radius 1 is 1.39 bits per heavy atom. The van der Waals surface area contributed by atoms with Crippen LogP contribution in [0.1, 0.15) is 18.9 Å². The van der Waals surface area contributed by atoms with E-state index in [9.17, 15) is 4.79 Å². The molecule has 2 aliphatic rings. The molecule has 1 aromatic carbocycles. The molecule has 7 heteroatoms. The third kappa shape index (κ3) is 4.43. The molecule has 2 unspecified atom stereocenters. The molecule has 5 nitrogen and oxygen atoms in total. The first kappa shape index (κ1) is 18.2. The molecule has 1 fully saturated rings. The Balaban J connectivity index is 0.00000192. The monoisotopic (exact) mass is 360 g/mol. The van der Waals surface area contributed by atoms with E-state index in [4.69, 9.17) is 21.1 Å². The lowest BCUT2D eigenvalue weighted by Gasteiger charge is -2.30.